The van der Waals surface area contributed by atoms with Crippen LogP contribution in [0.15, 0.2) is 42.5 Å². The minimum absolute atomic E-state index is 0.239. The Morgan fingerprint density at radius 2 is 1.96 bits per heavy atom. The van der Waals surface area contributed by atoms with Crippen molar-refractivity contribution >= 4 is 17.3 Å². The summed E-state index contributed by atoms with van der Waals surface area (Å²) in [7, 11) is 1.57. The Hall–Kier alpha value is -2.89. The van der Waals surface area contributed by atoms with Gasteiger partial charge in [-0.2, -0.15) is 0 Å². The monoisotopic (exact) mass is 310 g/mol. The van der Waals surface area contributed by atoms with Crippen molar-refractivity contribution in [2.75, 3.05) is 25.0 Å². The lowest BCUT2D eigenvalue weighted by Crippen LogP contribution is -2.29. The Bertz CT molecular complexity index is 723. The Morgan fingerprint density at radius 1 is 1.17 bits per heavy atom. The third-order valence-corrected chi connectivity index (χ3v) is 3.88. The van der Waals surface area contributed by atoms with Crippen LogP contribution in [0.5, 0.6) is 5.75 Å². The van der Waals surface area contributed by atoms with Gasteiger partial charge in [0.1, 0.15) is 5.75 Å². The second-order valence-corrected chi connectivity index (χ2v) is 5.33. The second kappa shape index (κ2) is 6.48. The molecule has 1 aliphatic heterocycles. The van der Waals surface area contributed by atoms with Crippen LogP contribution in [0, 0.1) is 0 Å². The van der Waals surface area contributed by atoms with E-state index in [9.17, 15) is 9.90 Å². The van der Waals surface area contributed by atoms with Gasteiger partial charge in [-0.25, -0.2) is 0 Å². The van der Waals surface area contributed by atoms with E-state index in [0.717, 1.165) is 30.9 Å². The lowest BCUT2D eigenvalue weighted by atomic mass is 9.99. The van der Waals surface area contributed by atoms with Crippen LogP contribution in [-0.4, -0.2) is 41.3 Å². The van der Waals surface area contributed by atoms with Crippen LogP contribution >= 0.6 is 0 Å². The molecule has 0 aliphatic carbocycles. The molecule has 1 amide bonds. The topological polar surface area (TPSA) is 78.4 Å². The molecule has 2 heterocycles. The number of anilines is 1. The predicted molar refractivity (Wildman–Crippen MR) is 88.3 cm³/mol. The van der Waals surface area contributed by atoms with Crippen molar-refractivity contribution in [2.24, 2.45) is 0 Å². The van der Waals surface area contributed by atoms with E-state index in [1.165, 1.54) is 5.57 Å². The number of benzene rings is 1. The van der Waals surface area contributed by atoms with Crippen LogP contribution in [0.3, 0.4) is 0 Å². The summed E-state index contributed by atoms with van der Waals surface area (Å²) in [6.45, 7) is 1.57. The number of carbonyl (C=O) groups excluding carboxylic acids is 1. The molecule has 118 valence electrons. The number of nitrogens with zero attached hydrogens (tertiary/aromatic N) is 3. The fraction of sp³-hybridized carbons (Fsp3) is 0.235. The van der Waals surface area contributed by atoms with E-state index in [1.807, 2.05) is 18.2 Å². The predicted octanol–water partition coefficient (Wildman–Crippen LogP) is 1.84. The summed E-state index contributed by atoms with van der Waals surface area (Å²) in [5.41, 5.74) is 2.70. The first-order valence-electron chi connectivity index (χ1n) is 7.46. The number of aromatic nitrogens is 2. The number of carbonyl (C=O) groups is 1. The molecule has 1 aliphatic rings. The Balaban J connectivity index is 1.70. The fourth-order valence-electron chi connectivity index (χ4n) is 2.56. The first kappa shape index (κ1) is 15.0. The highest BCUT2D eigenvalue weighted by Gasteiger charge is 2.15. The number of nitrogens with one attached hydrogen (secondary N) is 1. The summed E-state index contributed by atoms with van der Waals surface area (Å²) in [5.74, 6) is 0.800. The van der Waals surface area contributed by atoms with Gasteiger partial charge in [-0.1, -0.05) is 18.2 Å². The zero-order valence-corrected chi connectivity index (χ0v) is 12.9. The van der Waals surface area contributed by atoms with Crippen molar-refractivity contribution in [3.8, 4) is 5.75 Å². The van der Waals surface area contributed by atoms with E-state index in [-0.39, 0.29) is 11.7 Å². The van der Waals surface area contributed by atoms with E-state index < -0.39 is 0 Å². The third kappa shape index (κ3) is 3.31. The average Bonchev–Trinajstić information content (AvgIpc) is 2.62. The Kier molecular flexibility index (Phi) is 4.23. The van der Waals surface area contributed by atoms with E-state index in [4.69, 9.17) is 0 Å². The van der Waals surface area contributed by atoms with E-state index in [0.29, 0.717) is 5.69 Å². The second-order valence-electron chi connectivity index (χ2n) is 5.33. The van der Waals surface area contributed by atoms with Gasteiger partial charge in [0.2, 0.25) is 0 Å². The lowest BCUT2D eigenvalue weighted by molar-refractivity contribution is 0.0957. The molecule has 0 saturated carbocycles. The number of hydrogen-bond donors (Lipinski definition) is 2. The van der Waals surface area contributed by atoms with Gasteiger partial charge in [-0.15, -0.1) is 10.2 Å². The number of phenols is 1. The largest absolute Gasteiger partial charge is 0.508 e. The summed E-state index contributed by atoms with van der Waals surface area (Å²) in [6.07, 6.45) is 3.05. The minimum Gasteiger partial charge on any atom is -0.508 e. The maximum absolute atomic E-state index is 11.5. The highest BCUT2D eigenvalue weighted by Crippen LogP contribution is 2.25. The molecule has 1 aromatic heterocycles. The molecule has 6 heteroatoms. The smallest absolute Gasteiger partial charge is 0.271 e. The molecule has 0 fully saturated rings. The van der Waals surface area contributed by atoms with Crippen LogP contribution in [0.25, 0.3) is 5.57 Å². The van der Waals surface area contributed by atoms with Gasteiger partial charge in [0.25, 0.3) is 5.91 Å². The number of aromatic hydroxyl groups is 1. The molecule has 0 bridgehead atoms. The quantitative estimate of drug-likeness (QED) is 0.904. The maximum Gasteiger partial charge on any atom is 0.271 e. The zero-order chi connectivity index (χ0) is 16.2. The van der Waals surface area contributed by atoms with Crippen LogP contribution in [0.2, 0.25) is 0 Å². The highest BCUT2D eigenvalue weighted by atomic mass is 16.3. The molecule has 3 rings (SSSR count). The van der Waals surface area contributed by atoms with Crippen molar-refractivity contribution in [1.82, 2.24) is 15.5 Å². The SMILES string of the molecule is CNC(=O)c1ccc(N2CC=C(c3ccc(O)cc3)CC2)nn1. The molecule has 6 nitrogen and oxygen atoms in total. The molecule has 2 aromatic rings. The molecule has 0 unspecified atom stereocenters. The van der Waals surface area contributed by atoms with Crippen molar-refractivity contribution in [3.05, 3.63) is 53.7 Å². The summed E-state index contributed by atoms with van der Waals surface area (Å²) >= 11 is 0. The van der Waals surface area contributed by atoms with Crippen LogP contribution in [-0.2, 0) is 0 Å². The van der Waals surface area contributed by atoms with Gasteiger partial charge < -0.3 is 15.3 Å². The minimum atomic E-state index is -0.239. The van der Waals surface area contributed by atoms with Gasteiger partial charge in [0, 0.05) is 20.1 Å². The normalized spacial score (nSPS) is 14.3. The first-order valence-corrected chi connectivity index (χ1v) is 7.46. The summed E-state index contributed by atoms with van der Waals surface area (Å²) in [4.78, 5) is 13.6. The number of hydrogen-bond acceptors (Lipinski definition) is 5. The zero-order valence-electron chi connectivity index (χ0n) is 12.9. The summed E-state index contributed by atoms with van der Waals surface area (Å²) < 4.78 is 0. The molecule has 23 heavy (non-hydrogen) atoms. The van der Waals surface area contributed by atoms with E-state index in [2.05, 4.69) is 26.5 Å². The van der Waals surface area contributed by atoms with Crippen LogP contribution in [0.4, 0.5) is 5.82 Å². The van der Waals surface area contributed by atoms with Crippen molar-refractivity contribution in [1.29, 1.82) is 0 Å². The highest BCUT2D eigenvalue weighted by molar-refractivity contribution is 5.91. The van der Waals surface area contributed by atoms with Crippen LogP contribution < -0.4 is 10.2 Å². The molecule has 2 N–H and O–H groups in total. The Morgan fingerprint density at radius 3 is 2.52 bits per heavy atom. The van der Waals surface area contributed by atoms with Gasteiger partial charge >= 0.3 is 0 Å². The van der Waals surface area contributed by atoms with Crippen molar-refractivity contribution in [2.45, 2.75) is 6.42 Å². The third-order valence-electron chi connectivity index (χ3n) is 3.88. The molecule has 0 radical (unpaired) electrons. The standard InChI is InChI=1S/C17H18N4O2/c1-18-17(23)15-6-7-16(20-19-15)21-10-8-13(9-11-21)12-2-4-14(22)5-3-12/h2-8,22H,9-11H2,1H3,(H,18,23). The summed E-state index contributed by atoms with van der Waals surface area (Å²) in [5, 5.41) is 20.0. The molecule has 1 aromatic carbocycles. The first-order chi connectivity index (χ1) is 11.2. The van der Waals surface area contributed by atoms with Crippen molar-refractivity contribution < 1.29 is 9.90 Å². The Labute approximate surface area is 134 Å². The molecule has 0 spiro atoms. The van der Waals surface area contributed by atoms with Gasteiger partial charge in [-0.3, -0.25) is 4.79 Å². The fourth-order valence-corrected chi connectivity index (χ4v) is 2.56. The molecule has 0 atom stereocenters. The molecular weight excluding hydrogens is 292 g/mol. The maximum atomic E-state index is 11.5. The van der Waals surface area contributed by atoms with E-state index in [1.54, 1.807) is 25.2 Å². The van der Waals surface area contributed by atoms with E-state index >= 15 is 0 Å². The molecule has 0 saturated heterocycles. The number of rotatable bonds is 3. The summed E-state index contributed by atoms with van der Waals surface area (Å²) in [6, 6.07) is 10.7. The number of amides is 1. The average molecular weight is 310 g/mol. The van der Waals surface area contributed by atoms with Gasteiger partial charge in [0.15, 0.2) is 11.5 Å². The molecular formula is C17H18N4O2. The van der Waals surface area contributed by atoms with Gasteiger partial charge in [0.05, 0.1) is 0 Å². The van der Waals surface area contributed by atoms with Gasteiger partial charge in [-0.05, 0) is 41.8 Å². The van der Waals surface area contributed by atoms with Crippen molar-refractivity contribution in [3.63, 3.8) is 0 Å². The lowest BCUT2D eigenvalue weighted by Gasteiger charge is -2.27. The van der Waals surface area contributed by atoms with Crippen LogP contribution in [0.1, 0.15) is 22.5 Å². The number of phenolic OH excluding ortho intramolecular Hbond substituents is 1.